The van der Waals surface area contributed by atoms with Crippen molar-refractivity contribution >= 4 is 5.97 Å². The van der Waals surface area contributed by atoms with E-state index in [0.717, 1.165) is 11.1 Å². The SMILES string of the molecule is CCOC(=O)C#Cc1ccccc1C1OCCO1. The van der Waals surface area contributed by atoms with Crippen LogP contribution in [0.4, 0.5) is 0 Å². The van der Waals surface area contributed by atoms with Gasteiger partial charge in [0.25, 0.3) is 0 Å². The first-order valence-electron chi connectivity index (χ1n) is 5.82. The predicted octanol–water partition coefficient (Wildman–Crippen LogP) is 1.65. The van der Waals surface area contributed by atoms with Crippen molar-refractivity contribution in [1.29, 1.82) is 0 Å². The van der Waals surface area contributed by atoms with Crippen LogP contribution < -0.4 is 0 Å². The Morgan fingerprint density at radius 2 is 2.11 bits per heavy atom. The van der Waals surface area contributed by atoms with Gasteiger partial charge in [-0.05, 0) is 13.0 Å². The van der Waals surface area contributed by atoms with Crippen LogP contribution in [0.5, 0.6) is 0 Å². The smallest absolute Gasteiger partial charge is 0.384 e. The van der Waals surface area contributed by atoms with E-state index in [0.29, 0.717) is 19.8 Å². The van der Waals surface area contributed by atoms with Crippen LogP contribution in [0.25, 0.3) is 0 Å². The van der Waals surface area contributed by atoms with Gasteiger partial charge in [-0.3, -0.25) is 0 Å². The summed E-state index contributed by atoms with van der Waals surface area (Å²) >= 11 is 0. The standard InChI is InChI=1S/C14H14O4/c1-2-16-13(15)8-7-11-5-3-4-6-12(11)14-17-9-10-18-14/h3-6,14H,2,9-10H2,1H3. The van der Waals surface area contributed by atoms with Crippen LogP contribution in [-0.4, -0.2) is 25.8 Å². The Bertz CT molecular complexity index is 478. The third-order valence-corrected chi connectivity index (χ3v) is 2.41. The monoisotopic (exact) mass is 246 g/mol. The third-order valence-electron chi connectivity index (χ3n) is 2.41. The van der Waals surface area contributed by atoms with E-state index < -0.39 is 12.3 Å². The molecule has 1 heterocycles. The number of carbonyl (C=O) groups is 1. The van der Waals surface area contributed by atoms with Crippen molar-refractivity contribution in [2.75, 3.05) is 19.8 Å². The summed E-state index contributed by atoms with van der Waals surface area (Å²) in [7, 11) is 0. The topological polar surface area (TPSA) is 44.8 Å². The summed E-state index contributed by atoms with van der Waals surface area (Å²) in [5.74, 6) is 4.70. The second-order valence-corrected chi connectivity index (χ2v) is 3.63. The number of esters is 1. The van der Waals surface area contributed by atoms with Gasteiger partial charge in [0.15, 0.2) is 6.29 Å². The molecule has 4 nitrogen and oxygen atoms in total. The molecule has 18 heavy (non-hydrogen) atoms. The number of ether oxygens (including phenoxy) is 3. The maximum Gasteiger partial charge on any atom is 0.384 e. The van der Waals surface area contributed by atoms with E-state index in [4.69, 9.17) is 14.2 Å². The Hall–Kier alpha value is -1.83. The molecule has 1 aromatic carbocycles. The molecule has 0 aromatic heterocycles. The number of benzene rings is 1. The van der Waals surface area contributed by atoms with Crippen molar-refractivity contribution in [3.63, 3.8) is 0 Å². The molecule has 0 unspecified atom stereocenters. The molecule has 0 radical (unpaired) electrons. The molecule has 0 saturated carbocycles. The summed E-state index contributed by atoms with van der Waals surface area (Å²) in [6.07, 6.45) is -0.391. The van der Waals surface area contributed by atoms with E-state index in [1.807, 2.05) is 24.3 Å². The fourth-order valence-electron chi connectivity index (χ4n) is 1.64. The Labute approximate surface area is 106 Å². The van der Waals surface area contributed by atoms with E-state index in [1.54, 1.807) is 6.92 Å². The zero-order valence-corrected chi connectivity index (χ0v) is 10.1. The van der Waals surface area contributed by atoms with Gasteiger partial charge in [-0.25, -0.2) is 4.79 Å². The summed E-state index contributed by atoms with van der Waals surface area (Å²) in [6, 6.07) is 7.45. The molecule has 0 bridgehead atoms. The first kappa shape index (κ1) is 12.6. The Morgan fingerprint density at radius 3 is 2.83 bits per heavy atom. The minimum Gasteiger partial charge on any atom is -0.456 e. The molecule has 0 aliphatic carbocycles. The first-order chi connectivity index (χ1) is 8.81. The largest absolute Gasteiger partial charge is 0.456 e. The minimum atomic E-state index is -0.527. The number of rotatable bonds is 2. The van der Waals surface area contributed by atoms with Gasteiger partial charge in [0.2, 0.25) is 0 Å². The Kier molecular flexibility index (Phi) is 4.35. The van der Waals surface area contributed by atoms with Crippen molar-refractivity contribution in [2.45, 2.75) is 13.2 Å². The van der Waals surface area contributed by atoms with Gasteiger partial charge in [-0.2, -0.15) is 0 Å². The molecule has 1 aliphatic rings. The molecule has 0 atom stereocenters. The summed E-state index contributed by atoms with van der Waals surface area (Å²) in [6.45, 7) is 3.21. The van der Waals surface area contributed by atoms with Crippen LogP contribution in [0.15, 0.2) is 24.3 Å². The Morgan fingerprint density at radius 1 is 1.39 bits per heavy atom. The van der Waals surface area contributed by atoms with E-state index in [2.05, 4.69) is 11.8 Å². The summed E-state index contributed by atoms with van der Waals surface area (Å²) in [5.41, 5.74) is 1.56. The predicted molar refractivity (Wildman–Crippen MR) is 64.6 cm³/mol. The molecular formula is C14H14O4. The molecule has 1 aliphatic heterocycles. The van der Waals surface area contributed by atoms with Gasteiger partial charge in [0.1, 0.15) is 0 Å². The maximum absolute atomic E-state index is 11.2. The Balaban J connectivity index is 2.19. The highest BCUT2D eigenvalue weighted by Crippen LogP contribution is 2.25. The molecule has 2 rings (SSSR count). The fraction of sp³-hybridized carbons (Fsp3) is 0.357. The lowest BCUT2D eigenvalue weighted by molar-refractivity contribution is -0.136. The highest BCUT2D eigenvalue weighted by atomic mass is 16.7. The molecule has 1 fully saturated rings. The second-order valence-electron chi connectivity index (χ2n) is 3.63. The van der Waals surface area contributed by atoms with Gasteiger partial charge in [-0.15, -0.1) is 0 Å². The number of hydrogen-bond acceptors (Lipinski definition) is 4. The van der Waals surface area contributed by atoms with Gasteiger partial charge < -0.3 is 14.2 Å². The number of hydrogen-bond donors (Lipinski definition) is 0. The summed E-state index contributed by atoms with van der Waals surface area (Å²) < 4.78 is 15.6. The maximum atomic E-state index is 11.2. The van der Waals surface area contributed by atoms with E-state index in [1.165, 1.54) is 0 Å². The molecule has 94 valence electrons. The molecule has 0 amide bonds. The molecular weight excluding hydrogens is 232 g/mol. The number of carbonyl (C=O) groups excluding carboxylic acids is 1. The van der Waals surface area contributed by atoms with Crippen LogP contribution in [0.1, 0.15) is 24.3 Å². The van der Waals surface area contributed by atoms with Crippen LogP contribution in [0.3, 0.4) is 0 Å². The summed E-state index contributed by atoms with van der Waals surface area (Å²) in [5, 5.41) is 0. The molecule has 0 N–H and O–H groups in total. The van der Waals surface area contributed by atoms with Crippen LogP contribution >= 0.6 is 0 Å². The van der Waals surface area contributed by atoms with Crippen LogP contribution in [0, 0.1) is 11.8 Å². The lowest BCUT2D eigenvalue weighted by Gasteiger charge is -2.10. The van der Waals surface area contributed by atoms with Gasteiger partial charge >= 0.3 is 5.97 Å². The quantitative estimate of drug-likeness (QED) is 0.588. The lowest BCUT2D eigenvalue weighted by atomic mass is 10.1. The fourth-order valence-corrected chi connectivity index (χ4v) is 1.64. The normalized spacial score (nSPS) is 14.9. The molecule has 4 heteroatoms. The van der Waals surface area contributed by atoms with Crippen molar-refractivity contribution in [2.24, 2.45) is 0 Å². The highest BCUT2D eigenvalue weighted by Gasteiger charge is 2.20. The van der Waals surface area contributed by atoms with Gasteiger partial charge in [-0.1, -0.05) is 24.1 Å². The first-order valence-corrected chi connectivity index (χ1v) is 5.82. The second kappa shape index (κ2) is 6.20. The van der Waals surface area contributed by atoms with Crippen LogP contribution in [-0.2, 0) is 19.0 Å². The molecule has 1 saturated heterocycles. The molecule has 1 aromatic rings. The third kappa shape index (κ3) is 3.10. The molecule has 0 spiro atoms. The van der Waals surface area contributed by atoms with Crippen molar-refractivity contribution in [3.05, 3.63) is 35.4 Å². The van der Waals surface area contributed by atoms with E-state index in [9.17, 15) is 4.79 Å². The van der Waals surface area contributed by atoms with Crippen LogP contribution in [0.2, 0.25) is 0 Å². The average Bonchev–Trinajstić information content (AvgIpc) is 2.91. The zero-order chi connectivity index (χ0) is 12.8. The van der Waals surface area contributed by atoms with E-state index >= 15 is 0 Å². The minimum absolute atomic E-state index is 0.323. The van der Waals surface area contributed by atoms with Crippen molar-refractivity contribution in [3.8, 4) is 11.8 Å². The summed E-state index contributed by atoms with van der Waals surface area (Å²) in [4.78, 5) is 11.2. The van der Waals surface area contributed by atoms with Crippen molar-refractivity contribution in [1.82, 2.24) is 0 Å². The van der Waals surface area contributed by atoms with E-state index in [-0.39, 0.29) is 0 Å². The van der Waals surface area contributed by atoms with Gasteiger partial charge in [0.05, 0.1) is 19.8 Å². The lowest BCUT2D eigenvalue weighted by Crippen LogP contribution is -2.02. The average molecular weight is 246 g/mol. The van der Waals surface area contributed by atoms with Crippen molar-refractivity contribution < 1.29 is 19.0 Å². The zero-order valence-electron chi connectivity index (χ0n) is 10.1. The van der Waals surface area contributed by atoms with Gasteiger partial charge in [0, 0.05) is 17.0 Å². The highest BCUT2D eigenvalue weighted by molar-refractivity contribution is 5.89.